The first kappa shape index (κ1) is 13.3. The topological polar surface area (TPSA) is 29.9 Å². The third-order valence-electron chi connectivity index (χ3n) is 3.84. The molecule has 0 radical (unpaired) electrons. The predicted octanol–water partition coefficient (Wildman–Crippen LogP) is 3.13. The third kappa shape index (κ3) is 2.61. The fourth-order valence-electron chi connectivity index (χ4n) is 2.46. The Labute approximate surface area is 118 Å². The zero-order valence-electron chi connectivity index (χ0n) is 12.0. The Balaban J connectivity index is 1.96. The molecule has 1 aromatic heterocycles. The fourth-order valence-corrected chi connectivity index (χ4v) is 2.46. The lowest BCUT2D eigenvalue weighted by molar-refractivity contribution is 0.599. The number of benzene rings is 1. The van der Waals surface area contributed by atoms with Gasteiger partial charge in [-0.05, 0) is 43.4 Å². The summed E-state index contributed by atoms with van der Waals surface area (Å²) in [6.45, 7) is 4.75. The van der Waals surface area contributed by atoms with Gasteiger partial charge in [0, 0.05) is 18.8 Å². The van der Waals surface area contributed by atoms with Gasteiger partial charge in [-0.1, -0.05) is 19.1 Å². The van der Waals surface area contributed by atoms with Crippen molar-refractivity contribution in [1.29, 1.82) is 0 Å². The van der Waals surface area contributed by atoms with E-state index in [2.05, 4.69) is 17.3 Å². The number of rotatable bonds is 5. The molecule has 0 amide bonds. The van der Waals surface area contributed by atoms with Crippen LogP contribution >= 0.6 is 0 Å². The molecule has 106 valence electrons. The van der Waals surface area contributed by atoms with E-state index in [4.69, 9.17) is 0 Å². The molecule has 4 heteroatoms. The Bertz CT molecular complexity index is 614. The maximum atomic E-state index is 14.2. The van der Waals surface area contributed by atoms with Crippen LogP contribution in [0, 0.1) is 12.7 Å². The Kier molecular flexibility index (Phi) is 3.57. The van der Waals surface area contributed by atoms with E-state index in [-0.39, 0.29) is 5.82 Å². The zero-order chi connectivity index (χ0) is 14.1. The minimum atomic E-state index is -0.217. The van der Waals surface area contributed by atoms with Crippen LogP contribution in [0.3, 0.4) is 0 Å². The number of nitrogens with one attached hydrogen (secondary N) is 1. The maximum Gasteiger partial charge on any atom is 0.149 e. The molecule has 0 unspecified atom stereocenters. The van der Waals surface area contributed by atoms with Crippen molar-refractivity contribution in [1.82, 2.24) is 15.1 Å². The van der Waals surface area contributed by atoms with E-state index in [9.17, 15) is 4.39 Å². The molecule has 1 N–H and O–H groups in total. The van der Waals surface area contributed by atoms with E-state index in [0.29, 0.717) is 18.3 Å². The lowest BCUT2D eigenvalue weighted by Crippen LogP contribution is -2.17. The summed E-state index contributed by atoms with van der Waals surface area (Å²) in [4.78, 5) is 0. The maximum absolute atomic E-state index is 14.2. The van der Waals surface area contributed by atoms with Gasteiger partial charge in [-0.15, -0.1) is 0 Å². The van der Waals surface area contributed by atoms with Crippen molar-refractivity contribution >= 4 is 0 Å². The van der Waals surface area contributed by atoms with E-state index >= 15 is 0 Å². The molecule has 1 saturated carbocycles. The van der Waals surface area contributed by atoms with Gasteiger partial charge >= 0.3 is 0 Å². The van der Waals surface area contributed by atoms with E-state index < -0.39 is 0 Å². The SMILES string of the molecule is CCc1cn(-c2c(F)cccc2CNC2CC2)nc1C. The number of aromatic nitrogens is 2. The average Bonchev–Trinajstić information content (AvgIpc) is 3.19. The van der Waals surface area contributed by atoms with E-state index in [1.54, 1.807) is 10.7 Å². The van der Waals surface area contributed by atoms with Crippen LogP contribution < -0.4 is 5.32 Å². The van der Waals surface area contributed by atoms with E-state index in [1.165, 1.54) is 18.9 Å². The molecule has 1 heterocycles. The van der Waals surface area contributed by atoms with Gasteiger partial charge in [0.05, 0.1) is 5.69 Å². The summed E-state index contributed by atoms with van der Waals surface area (Å²) in [5, 5.41) is 7.90. The van der Waals surface area contributed by atoms with Crippen LogP contribution in [0.5, 0.6) is 0 Å². The quantitative estimate of drug-likeness (QED) is 0.907. The molecular formula is C16H20FN3. The molecular weight excluding hydrogens is 253 g/mol. The van der Waals surface area contributed by atoms with Gasteiger partial charge in [0.25, 0.3) is 0 Å². The van der Waals surface area contributed by atoms with E-state index in [0.717, 1.165) is 23.2 Å². The van der Waals surface area contributed by atoms with Crippen LogP contribution in [0.1, 0.15) is 36.6 Å². The molecule has 3 nitrogen and oxygen atoms in total. The second-order valence-corrected chi connectivity index (χ2v) is 5.44. The first-order valence-electron chi connectivity index (χ1n) is 7.25. The molecule has 1 aromatic carbocycles. The van der Waals surface area contributed by atoms with Gasteiger partial charge in [0.1, 0.15) is 11.5 Å². The van der Waals surface area contributed by atoms with Crippen LogP contribution in [-0.4, -0.2) is 15.8 Å². The molecule has 1 aliphatic rings. The Morgan fingerprint density at radius 2 is 2.15 bits per heavy atom. The summed E-state index contributed by atoms with van der Waals surface area (Å²) in [5.74, 6) is -0.217. The van der Waals surface area contributed by atoms with Crippen LogP contribution in [0.25, 0.3) is 5.69 Å². The number of para-hydroxylation sites is 1. The molecule has 0 atom stereocenters. The third-order valence-corrected chi connectivity index (χ3v) is 3.84. The van der Waals surface area contributed by atoms with Crippen LogP contribution in [0.2, 0.25) is 0 Å². The normalized spacial score (nSPS) is 14.8. The summed E-state index contributed by atoms with van der Waals surface area (Å²) >= 11 is 0. The van der Waals surface area contributed by atoms with Crippen LogP contribution in [0.15, 0.2) is 24.4 Å². The zero-order valence-corrected chi connectivity index (χ0v) is 12.0. The smallest absolute Gasteiger partial charge is 0.149 e. The summed E-state index contributed by atoms with van der Waals surface area (Å²) in [7, 11) is 0. The minimum Gasteiger partial charge on any atom is -0.310 e. The molecule has 0 spiro atoms. The van der Waals surface area contributed by atoms with Crippen molar-refractivity contribution < 1.29 is 4.39 Å². The highest BCUT2D eigenvalue weighted by molar-refractivity contribution is 5.42. The Hall–Kier alpha value is -1.68. The monoisotopic (exact) mass is 273 g/mol. The minimum absolute atomic E-state index is 0.217. The number of hydrogen-bond acceptors (Lipinski definition) is 2. The average molecular weight is 273 g/mol. The van der Waals surface area contributed by atoms with Gasteiger partial charge in [-0.3, -0.25) is 0 Å². The standard InChI is InChI=1S/C16H20FN3/c1-3-12-10-20(19-11(12)2)16-13(5-4-6-15(16)17)9-18-14-7-8-14/h4-6,10,14,18H,3,7-9H2,1-2H3. The Morgan fingerprint density at radius 3 is 2.80 bits per heavy atom. The number of halogens is 1. The highest BCUT2D eigenvalue weighted by atomic mass is 19.1. The second-order valence-electron chi connectivity index (χ2n) is 5.44. The van der Waals surface area contributed by atoms with Crippen LogP contribution in [-0.2, 0) is 13.0 Å². The molecule has 20 heavy (non-hydrogen) atoms. The summed E-state index contributed by atoms with van der Waals surface area (Å²) in [5.41, 5.74) is 3.66. The molecule has 1 fully saturated rings. The Morgan fingerprint density at radius 1 is 1.35 bits per heavy atom. The lowest BCUT2D eigenvalue weighted by atomic mass is 10.1. The second kappa shape index (κ2) is 5.37. The van der Waals surface area contributed by atoms with Gasteiger partial charge in [0.15, 0.2) is 0 Å². The van der Waals surface area contributed by atoms with Gasteiger partial charge in [-0.2, -0.15) is 5.10 Å². The van der Waals surface area contributed by atoms with Crippen LogP contribution in [0.4, 0.5) is 4.39 Å². The molecule has 0 bridgehead atoms. The molecule has 2 aromatic rings. The van der Waals surface area contributed by atoms with Gasteiger partial charge < -0.3 is 5.32 Å². The number of aryl methyl sites for hydroxylation is 2. The summed E-state index contributed by atoms with van der Waals surface area (Å²) in [6, 6.07) is 5.84. The summed E-state index contributed by atoms with van der Waals surface area (Å²) < 4.78 is 15.9. The number of nitrogens with zero attached hydrogens (tertiary/aromatic N) is 2. The van der Waals surface area contributed by atoms with Crippen molar-refractivity contribution in [2.45, 2.75) is 45.7 Å². The molecule has 0 saturated heterocycles. The highest BCUT2D eigenvalue weighted by Crippen LogP contribution is 2.23. The largest absolute Gasteiger partial charge is 0.310 e. The first-order valence-corrected chi connectivity index (χ1v) is 7.25. The van der Waals surface area contributed by atoms with Crippen molar-refractivity contribution in [3.63, 3.8) is 0 Å². The first-order chi connectivity index (χ1) is 9.69. The van der Waals surface area contributed by atoms with Gasteiger partial charge in [-0.25, -0.2) is 9.07 Å². The van der Waals surface area contributed by atoms with E-state index in [1.807, 2.05) is 19.2 Å². The van der Waals surface area contributed by atoms with Crippen molar-refractivity contribution in [2.24, 2.45) is 0 Å². The molecule has 1 aliphatic carbocycles. The predicted molar refractivity (Wildman–Crippen MR) is 77.5 cm³/mol. The van der Waals surface area contributed by atoms with Crippen molar-refractivity contribution in [3.8, 4) is 5.69 Å². The lowest BCUT2D eigenvalue weighted by Gasteiger charge is -2.11. The fraction of sp³-hybridized carbons (Fsp3) is 0.438. The van der Waals surface area contributed by atoms with Crippen molar-refractivity contribution in [2.75, 3.05) is 0 Å². The van der Waals surface area contributed by atoms with Crippen molar-refractivity contribution in [3.05, 3.63) is 47.0 Å². The highest BCUT2D eigenvalue weighted by Gasteiger charge is 2.21. The number of hydrogen-bond donors (Lipinski definition) is 1. The molecule has 0 aliphatic heterocycles. The summed E-state index contributed by atoms with van der Waals surface area (Å²) in [6.07, 6.45) is 5.31. The molecule has 3 rings (SSSR count). The van der Waals surface area contributed by atoms with Gasteiger partial charge in [0.2, 0.25) is 0 Å².